The van der Waals surface area contributed by atoms with Crippen LogP contribution in [0.3, 0.4) is 0 Å². The topological polar surface area (TPSA) is 42.8 Å². The zero-order valence-electron chi connectivity index (χ0n) is 12.5. The van der Waals surface area contributed by atoms with Crippen LogP contribution in [0.5, 0.6) is 17.2 Å². The molecule has 0 fully saturated rings. The van der Waals surface area contributed by atoms with E-state index >= 15 is 0 Å². The Bertz CT molecular complexity index is 1120. The minimum atomic E-state index is 0.270. The summed E-state index contributed by atoms with van der Waals surface area (Å²) in [5, 5.41) is 14.3. The Balaban J connectivity index is 1.99. The first-order chi connectivity index (χ1) is 11.2. The van der Waals surface area contributed by atoms with Crippen LogP contribution in [0.2, 0.25) is 0 Å². The Labute approximate surface area is 132 Å². The van der Waals surface area contributed by atoms with Crippen LogP contribution in [0, 0.1) is 6.92 Å². The molecule has 0 aliphatic carbocycles. The molecule has 0 unspecified atom stereocenters. The fraction of sp³-hybridized carbons (Fsp3) is 0.105. The summed E-state index contributed by atoms with van der Waals surface area (Å²) in [6.45, 7) is 2.29. The quantitative estimate of drug-likeness (QED) is 0.307. The van der Waals surface area contributed by atoms with Crippen molar-refractivity contribution < 1.29 is 19.0 Å². The fourth-order valence-electron chi connectivity index (χ4n) is 3.46. The molecule has 0 amide bonds. The number of rotatable bonds is 0. The van der Waals surface area contributed by atoms with Gasteiger partial charge in [0.1, 0.15) is 5.75 Å². The van der Waals surface area contributed by atoms with E-state index in [4.69, 9.17) is 9.47 Å². The molecule has 0 saturated heterocycles. The molecule has 0 bridgehead atoms. The number of hydrogen-bond donors (Lipinski definition) is 1. The van der Waals surface area contributed by atoms with Crippen LogP contribution in [0.25, 0.3) is 27.1 Å². The lowest BCUT2D eigenvalue weighted by Crippen LogP contribution is -2.25. The third-order valence-corrected chi connectivity index (χ3v) is 4.57. The number of phenols is 1. The lowest BCUT2D eigenvalue weighted by Gasteiger charge is -2.06. The van der Waals surface area contributed by atoms with Gasteiger partial charge in [-0.3, -0.25) is 0 Å². The van der Waals surface area contributed by atoms with E-state index < -0.39 is 0 Å². The average molecular weight is 304 g/mol. The number of ether oxygens (including phenoxy) is 2. The van der Waals surface area contributed by atoms with Gasteiger partial charge < -0.3 is 14.6 Å². The Kier molecular flexibility index (Phi) is 2.32. The molecule has 1 aliphatic heterocycles. The zero-order chi connectivity index (χ0) is 15.6. The number of benzene rings is 2. The fourth-order valence-corrected chi connectivity index (χ4v) is 3.46. The maximum atomic E-state index is 10.2. The van der Waals surface area contributed by atoms with Gasteiger partial charge in [-0.2, -0.15) is 4.40 Å². The van der Waals surface area contributed by atoms with Gasteiger partial charge in [-0.25, -0.2) is 0 Å². The second-order valence-corrected chi connectivity index (χ2v) is 5.83. The van der Waals surface area contributed by atoms with Gasteiger partial charge in [0.2, 0.25) is 12.3 Å². The SMILES string of the molecule is Cc1c2c(O)cccc2cc2c3cc4c(cc3cc[n+]12)OCO4. The van der Waals surface area contributed by atoms with E-state index in [-0.39, 0.29) is 6.79 Å². The summed E-state index contributed by atoms with van der Waals surface area (Å²) in [6, 6.07) is 13.8. The number of aromatic hydroxyl groups is 1. The van der Waals surface area contributed by atoms with Crippen LogP contribution in [0.4, 0.5) is 0 Å². The first-order valence-corrected chi connectivity index (χ1v) is 7.51. The van der Waals surface area contributed by atoms with Gasteiger partial charge in [0.25, 0.3) is 0 Å². The molecule has 23 heavy (non-hydrogen) atoms. The van der Waals surface area contributed by atoms with Crippen LogP contribution in [-0.4, -0.2) is 11.9 Å². The lowest BCUT2D eigenvalue weighted by molar-refractivity contribution is -0.516. The summed E-state index contributed by atoms with van der Waals surface area (Å²) in [6.07, 6.45) is 2.03. The van der Waals surface area contributed by atoms with Gasteiger partial charge in [0.05, 0.1) is 10.8 Å². The van der Waals surface area contributed by atoms with E-state index in [0.717, 1.165) is 44.3 Å². The van der Waals surface area contributed by atoms with Crippen molar-refractivity contribution in [2.45, 2.75) is 6.92 Å². The molecule has 1 N–H and O–H groups in total. The largest absolute Gasteiger partial charge is 0.507 e. The maximum absolute atomic E-state index is 10.2. The van der Waals surface area contributed by atoms with Gasteiger partial charge in [-0.05, 0) is 29.0 Å². The van der Waals surface area contributed by atoms with Crippen molar-refractivity contribution in [3.8, 4) is 17.2 Å². The molecular weight excluding hydrogens is 290 g/mol. The standard InChI is InChI=1S/C19H13NO3/c1-11-19-13(3-2-4-16(19)21)7-15-14-9-18-17(22-10-23-18)8-12(14)5-6-20(11)15/h2-9H,10H2,1H3/p+1. The number of pyridine rings is 2. The zero-order valence-corrected chi connectivity index (χ0v) is 12.5. The van der Waals surface area contributed by atoms with E-state index in [1.165, 1.54) is 0 Å². The maximum Gasteiger partial charge on any atom is 0.231 e. The molecule has 5 rings (SSSR count). The molecule has 112 valence electrons. The van der Waals surface area contributed by atoms with E-state index in [1.807, 2.05) is 37.4 Å². The molecule has 0 radical (unpaired) electrons. The lowest BCUT2D eigenvalue weighted by atomic mass is 10.0. The van der Waals surface area contributed by atoms with Gasteiger partial charge in [0, 0.05) is 19.1 Å². The monoisotopic (exact) mass is 304 g/mol. The first kappa shape index (κ1) is 12.5. The summed E-state index contributed by atoms with van der Waals surface area (Å²) in [4.78, 5) is 0. The molecule has 4 nitrogen and oxygen atoms in total. The van der Waals surface area contributed by atoms with Crippen molar-refractivity contribution in [3.63, 3.8) is 0 Å². The molecule has 0 spiro atoms. The van der Waals surface area contributed by atoms with Crippen molar-refractivity contribution >= 4 is 27.1 Å². The number of hydrogen-bond acceptors (Lipinski definition) is 3. The van der Waals surface area contributed by atoms with E-state index in [2.05, 4.69) is 16.5 Å². The number of phenolic OH excluding ortho intramolecular Hbond substituents is 1. The Morgan fingerprint density at radius 1 is 1.00 bits per heavy atom. The predicted octanol–water partition coefficient (Wildman–Crippen LogP) is 3.47. The molecule has 4 aromatic rings. The highest BCUT2D eigenvalue weighted by molar-refractivity contribution is 6.00. The van der Waals surface area contributed by atoms with Crippen LogP contribution in [0.15, 0.2) is 48.7 Å². The van der Waals surface area contributed by atoms with Crippen LogP contribution in [0.1, 0.15) is 5.69 Å². The predicted molar refractivity (Wildman–Crippen MR) is 87.1 cm³/mol. The Hall–Kier alpha value is -3.01. The van der Waals surface area contributed by atoms with E-state index in [0.29, 0.717) is 5.75 Å². The summed E-state index contributed by atoms with van der Waals surface area (Å²) >= 11 is 0. The van der Waals surface area contributed by atoms with Gasteiger partial charge in [-0.15, -0.1) is 0 Å². The number of aromatic nitrogens is 1. The van der Waals surface area contributed by atoms with Crippen molar-refractivity contribution in [1.82, 2.24) is 0 Å². The van der Waals surface area contributed by atoms with Crippen molar-refractivity contribution in [1.29, 1.82) is 0 Å². The third-order valence-electron chi connectivity index (χ3n) is 4.57. The third kappa shape index (κ3) is 1.63. The van der Waals surface area contributed by atoms with Crippen LogP contribution < -0.4 is 13.9 Å². The average Bonchev–Trinajstić information content (AvgIpc) is 3.00. The summed E-state index contributed by atoms with van der Waals surface area (Å²) in [7, 11) is 0. The second-order valence-electron chi connectivity index (χ2n) is 5.83. The van der Waals surface area contributed by atoms with Gasteiger partial charge in [0.15, 0.2) is 23.4 Å². The molecule has 0 saturated carbocycles. The van der Waals surface area contributed by atoms with Gasteiger partial charge >= 0.3 is 0 Å². The van der Waals surface area contributed by atoms with Gasteiger partial charge in [-0.1, -0.05) is 12.1 Å². The molecular formula is C19H14NO3+. The first-order valence-electron chi connectivity index (χ1n) is 7.51. The summed E-state index contributed by atoms with van der Waals surface area (Å²) in [5.74, 6) is 1.87. The van der Waals surface area contributed by atoms with Crippen molar-refractivity contribution in [2.24, 2.45) is 0 Å². The molecule has 1 aliphatic rings. The Morgan fingerprint density at radius 2 is 1.83 bits per heavy atom. The number of nitrogens with zero attached hydrogens (tertiary/aromatic N) is 1. The highest BCUT2D eigenvalue weighted by atomic mass is 16.7. The highest BCUT2D eigenvalue weighted by Crippen LogP contribution is 2.37. The molecule has 0 atom stereocenters. The van der Waals surface area contributed by atoms with Crippen LogP contribution >= 0.6 is 0 Å². The van der Waals surface area contributed by atoms with Crippen molar-refractivity contribution in [2.75, 3.05) is 6.79 Å². The smallest absolute Gasteiger partial charge is 0.231 e. The van der Waals surface area contributed by atoms with E-state index in [1.54, 1.807) is 6.07 Å². The van der Waals surface area contributed by atoms with E-state index in [9.17, 15) is 5.11 Å². The van der Waals surface area contributed by atoms with Crippen molar-refractivity contribution in [3.05, 3.63) is 54.4 Å². The number of aryl methyl sites for hydroxylation is 1. The molecule has 4 heteroatoms. The highest BCUT2D eigenvalue weighted by Gasteiger charge is 2.20. The molecule has 2 aromatic carbocycles. The minimum Gasteiger partial charge on any atom is -0.507 e. The number of fused-ring (bicyclic) bond motifs is 5. The second kappa shape index (κ2) is 4.26. The minimum absolute atomic E-state index is 0.270. The molecule has 3 heterocycles. The summed E-state index contributed by atoms with van der Waals surface area (Å²) in [5.41, 5.74) is 2.09. The summed E-state index contributed by atoms with van der Waals surface area (Å²) < 4.78 is 13.1. The molecule has 2 aromatic heterocycles. The normalized spacial score (nSPS) is 13.3. The Morgan fingerprint density at radius 3 is 2.70 bits per heavy atom. The van der Waals surface area contributed by atoms with Crippen LogP contribution in [-0.2, 0) is 0 Å².